The summed E-state index contributed by atoms with van der Waals surface area (Å²) < 4.78 is 4.93. The summed E-state index contributed by atoms with van der Waals surface area (Å²) in [5.74, 6) is 1.77. The Balaban J connectivity index is 2.79. The largest absolute Gasteiger partial charge is 0.446 e. The van der Waals surface area contributed by atoms with E-state index in [1.165, 1.54) is 6.92 Å². The number of Topliss-reactive ketones (excluding diaryl/α,β-unsaturated/α-hetero) is 1. The molecule has 1 aromatic rings. The van der Waals surface area contributed by atoms with Gasteiger partial charge in [0.25, 0.3) is 0 Å². The highest BCUT2D eigenvalue weighted by Crippen LogP contribution is 2.07. The molecule has 0 aromatic heterocycles. The summed E-state index contributed by atoms with van der Waals surface area (Å²) in [4.78, 5) is 22.5. The van der Waals surface area contributed by atoms with Gasteiger partial charge < -0.3 is 4.74 Å². The molecular weight excluding hydrogens is 204 g/mol. The number of rotatable bonds is 3. The minimum absolute atomic E-state index is 0.0445. The molecule has 0 aliphatic rings. The quantitative estimate of drug-likeness (QED) is 0.441. The molecular formula is C13H12O3. The van der Waals surface area contributed by atoms with Crippen LogP contribution < -0.4 is 0 Å². The second kappa shape index (κ2) is 5.13. The van der Waals surface area contributed by atoms with E-state index in [-0.39, 0.29) is 5.78 Å². The van der Waals surface area contributed by atoms with E-state index in [1.54, 1.807) is 31.2 Å². The number of ketones is 1. The van der Waals surface area contributed by atoms with Crippen molar-refractivity contribution < 1.29 is 14.3 Å². The van der Waals surface area contributed by atoms with Crippen LogP contribution in [0.2, 0.25) is 0 Å². The van der Waals surface area contributed by atoms with Crippen LogP contribution in [0.3, 0.4) is 0 Å². The van der Waals surface area contributed by atoms with Gasteiger partial charge in [0.05, 0.1) is 5.56 Å². The van der Waals surface area contributed by atoms with E-state index in [1.807, 2.05) is 0 Å². The molecule has 3 nitrogen and oxygen atoms in total. The molecule has 0 amide bonds. The highest BCUT2D eigenvalue weighted by molar-refractivity contribution is 5.96. The minimum Gasteiger partial charge on any atom is -0.446 e. The number of carbonyl (C=O) groups is 2. The van der Waals surface area contributed by atoms with E-state index < -0.39 is 12.1 Å². The maximum Gasteiger partial charge on any atom is 0.339 e. The van der Waals surface area contributed by atoms with Gasteiger partial charge in [-0.2, -0.15) is 0 Å². The topological polar surface area (TPSA) is 43.4 Å². The van der Waals surface area contributed by atoms with Gasteiger partial charge in [-0.25, -0.2) is 4.79 Å². The molecule has 0 aliphatic carbocycles. The lowest BCUT2D eigenvalue weighted by atomic mass is 10.1. The summed E-state index contributed by atoms with van der Waals surface area (Å²) in [6.07, 6.45) is 4.53. The van der Waals surface area contributed by atoms with E-state index in [0.717, 1.165) is 0 Å². The van der Waals surface area contributed by atoms with Crippen LogP contribution >= 0.6 is 0 Å². The number of hydrogen-bond donors (Lipinski definition) is 0. The third-order valence-electron chi connectivity index (χ3n) is 2.05. The Morgan fingerprint density at radius 3 is 2.19 bits per heavy atom. The molecule has 1 aromatic carbocycles. The molecule has 0 N–H and O–H groups in total. The smallest absolute Gasteiger partial charge is 0.339 e. The second-order valence-corrected chi connectivity index (χ2v) is 3.35. The van der Waals surface area contributed by atoms with Gasteiger partial charge in [-0.1, -0.05) is 18.1 Å². The maximum absolute atomic E-state index is 11.5. The Bertz CT molecular complexity index is 437. The van der Waals surface area contributed by atoms with Gasteiger partial charge in [-0.15, -0.1) is 6.42 Å². The van der Waals surface area contributed by atoms with Crippen LogP contribution in [-0.4, -0.2) is 17.9 Å². The van der Waals surface area contributed by atoms with Crippen molar-refractivity contribution in [3.8, 4) is 12.3 Å². The zero-order valence-corrected chi connectivity index (χ0v) is 9.19. The number of terminal acetylenes is 1. The lowest BCUT2D eigenvalue weighted by molar-refractivity contribution is 0.0438. The summed E-state index contributed by atoms with van der Waals surface area (Å²) in [7, 11) is 0. The lowest BCUT2D eigenvalue weighted by Crippen LogP contribution is -2.13. The molecule has 0 unspecified atom stereocenters. The first-order chi connectivity index (χ1) is 7.54. The summed E-state index contributed by atoms with van der Waals surface area (Å²) in [5.41, 5.74) is 0.939. The highest BCUT2D eigenvalue weighted by atomic mass is 16.5. The predicted molar refractivity (Wildman–Crippen MR) is 60.2 cm³/mol. The van der Waals surface area contributed by atoms with E-state index in [4.69, 9.17) is 11.2 Å². The fourth-order valence-electron chi connectivity index (χ4n) is 1.10. The summed E-state index contributed by atoms with van der Waals surface area (Å²) in [6, 6.07) is 6.25. The third-order valence-corrected chi connectivity index (χ3v) is 2.05. The number of benzene rings is 1. The zero-order valence-electron chi connectivity index (χ0n) is 9.19. The first-order valence-electron chi connectivity index (χ1n) is 4.82. The van der Waals surface area contributed by atoms with Crippen LogP contribution in [-0.2, 0) is 4.74 Å². The van der Waals surface area contributed by atoms with Gasteiger partial charge in [0.2, 0.25) is 0 Å². The standard InChI is InChI=1S/C13H12O3/c1-4-9(2)16-13(15)12-7-5-11(6-8-12)10(3)14/h1,5-9H,2-3H3/t9-/m0/s1. The zero-order chi connectivity index (χ0) is 12.1. The molecule has 1 rings (SSSR count). The van der Waals surface area contributed by atoms with Gasteiger partial charge in [-0.3, -0.25) is 4.79 Å². The summed E-state index contributed by atoms with van der Waals surface area (Å²) in [5, 5.41) is 0. The summed E-state index contributed by atoms with van der Waals surface area (Å²) >= 11 is 0. The second-order valence-electron chi connectivity index (χ2n) is 3.35. The predicted octanol–water partition coefficient (Wildman–Crippen LogP) is 2.07. The van der Waals surface area contributed by atoms with Gasteiger partial charge in [0.15, 0.2) is 11.9 Å². The van der Waals surface area contributed by atoms with Crippen LogP contribution in [0.15, 0.2) is 24.3 Å². The van der Waals surface area contributed by atoms with Crippen LogP contribution in [0.25, 0.3) is 0 Å². The van der Waals surface area contributed by atoms with Crippen LogP contribution in [0.4, 0.5) is 0 Å². The lowest BCUT2D eigenvalue weighted by Gasteiger charge is -2.07. The molecule has 82 valence electrons. The molecule has 0 fully saturated rings. The molecule has 16 heavy (non-hydrogen) atoms. The SMILES string of the molecule is C#C[C@H](C)OC(=O)c1ccc(C(C)=O)cc1. The fraction of sp³-hybridized carbons (Fsp3) is 0.231. The van der Waals surface area contributed by atoms with Crippen molar-refractivity contribution in [2.45, 2.75) is 20.0 Å². The Morgan fingerprint density at radius 2 is 1.75 bits per heavy atom. The van der Waals surface area contributed by atoms with Crippen molar-refractivity contribution in [3.05, 3.63) is 35.4 Å². The average Bonchev–Trinajstić information content (AvgIpc) is 2.28. The average molecular weight is 216 g/mol. The highest BCUT2D eigenvalue weighted by Gasteiger charge is 2.10. The van der Waals surface area contributed by atoms with E-state index in [9.17, 15) is 9.59 Å². The van der Waals surface area contributed by atoms with Gasteiger partial charge in [-0.05, 0) is 26.0 Å². The van der Waals surface area contributed by atoms with Crippen molar-refractivity contribution in [1.29, 1.82) is 0 Å². The van der Waals surface area contributed by atoms with Crippen LogP contribution in [0.1, 0.15) is 34.6 Å². The number of carbonyl (C=O) groups excluding carboxylic acids is 2. The number of hydrogen-bond acceptors (Lipinski definition) is 3. The van der Waals surface area contributed by atoms with Crippen molar-refractivity contribution in [1.82, 2.24) is 0 Å². The van der Waals surface area contributed by atoms with Gasteiger partial charge >= 0.3 is 5.97 Å². The van der Waals surface area contributed by atoms with Gasteiger partial charge in [0, 0.05) is 5.56 Å². The molecule has 0 spiro atoms. The molecule has 0 bridgehead atoms. The monoisotopic (exact) mass is 216 g/mol. The first-order valence-corrected chi connectivity index (χ1v) is 4.82. The molecule has 1 atom stereocenters. The minimum atomic E-state index is -0.556. The fourth-order valence-corrected chi connectivity index (χ4v) is 1.10. The summed E-state index contributed by atoms with van der Waals surface area (Å²) in [6.45, 7) is 3.08. The number of esters is 1. The Hall–Kier alpha value is -2.08. The van der Waals surface area contributed by atoms with Gasteiger partial charge in [0.1, 0.15) is 0 Å². The van der Waals surface area contributed by atoms with E-state index >= 15 is 0 Å². The Morgan fingerprint density at radius 1 is 1.25 bits per heavy atom. The molecule has 0 aliphatic heterocycles. The van der Waals surface area contributed by atoms with Crippen LogP contribution in [0, 0.1) is 12.3 Å². The van der Waals surface area contributed by atoms with Crippen molar-refractivity contribution >= 4 is 11.8 Å². The molecule has 0 radical (unpaired) electrons. The first kappa shape index (κ1) is 12.0. The van der Waals surface area contributed by atoms with Crippen molar-refractivity contribution in [3.63, 3.8) is 0 Å². The Labute approximate surface area is 94.4 Å². The molecule has 0 heterocycles. The molecule has 0 saturated carbocycles. The van der Waals surface area contributed by atoms with E-state index in [2.05, 4.69) is 5.92 Å². The van der Waals surface area contributed by atoms with Crippen molar-refractivity contribution in [2.75, 3.05) is 0 Å². The number of ether oxygens (including phenoxy) is 1. The Kier molecular flexibility index (Phi) is 3.84. The van der Waals surface area contributed by atoms with Crippen molar-refractivity contribution in [2.24, 2.45) is 0 Å². The van der Waals surface area contributed by atoms with E-state index in [0.29, 0.717) is 11.1 Å². The maximum atomic E-state index is 11.5. The third kappa shape index (κ3) is 2.96. The van der Waals surface area contributed by atoms with Crippen LogP contribution in [0.5, 0.6) is 0 Å². The normalized spacial score (nSPS) is 11.3. The molecule has 3 heteroatoms. The molecule has 0 saturated heterocycles.